The molecule has 9 heteroatoms. The summed E-state index contributed by atoms with van der Waals surface area (Å²) in [4.78, 5) is 19.1. The maximum absolute atomic E-state index is 12.4. The number of hydrogen-bond acceptors (Lipinski definition) is 6. The highest BCUT2D eigenvalue weighted by Gasteiger charge is 2.29. The van der Waals surface area contributed by atoms with Crippen LogP contribution in [0.4, 0.5) is 11.6 Å². The van der Waals surface area contributed by atoms with E-state index in [1.54, 1.807) is 12.1 Å². The van der Waals surface area contributed by atoms with E-state index in [2.05, 4.69) is 20.0 Å². The molecule has 2 aromatic heterocycles. The molecule has 24 heavy (non-hydrogen) atoms. The molecule has 0 unspecified atom stereocenters. The minimum Gasteiger partial charge on any atom is -0.383 e. The summed E-state index contributed by atoms with van der Waals surface area (Å²) < 4.78 is 27.4. The molecule has 1 amide bonds. The van der Waals surface area contributed by atoms with Crippen LogP contribution in [0.1, 0.15) is 19.8 Å². The van der Waals surface area contributed by atoms with Gasteiger partial charge in [0, 0.05) is 30.9 Å². The van der Waals surface area contributed by atoms with Crippen molar-refractivity contribution in [2.75, 3.05) is 11.1 Å². The fourth-order valence-electron chi connectivity index (χ4n) is 2.17. The van der Waals surface area contributed by atoms with Crippen LogP contribution in [0.2, 0.25) is 0 Å². The number of hydrogen-bond donors (Lipinski definition) is 3. The van der Waals surface area contributed by atoms with E-state index in [0.29, 0.717) is 16.9 Å². The number of amides is 1. The molecule has 0 spiro atoms. The Bertz CT molecular complexity index is 894. The molecular formula is C15H17N5O3S. The number of nitrogen functional groups attached to an aromatic ring is 1. The van der Waals surface area contributed by atoms with E-state index >= 15 is 0 Å². The predicted octanol–water partition coefficient (Wildman–Crippen LogP) is 1.12. The number of carbonyl (C=O) groups is 1. The fourth-order valence-corrected chi connectivity index (χ4v) is 3.58. The van der Waals surface area contributed by atoms with Crippen molar-refractivity contribution in [3.63, 3.8) is 0 Å². The number of anilines is 2. The van der Waals surface area contributed by atoms with Gasteiger partial charge in [0.1, 0.15) is 16.5 Å². The lowest BCUT2D eigenvalue weighted by Crippen LogP contribution is -2.26. The Labute approximate surface area is 139 Å². The van der Waals surface area contributed by atoms with Crippen molar-refractivity contribution in [3.05, 3.63) is 30.6 Å². The Morgan fingerprint density at radius 2 is 2.00 bits per heavy atom. The molecule has 0 saturated heterocycles. The van der Waals surface area contributed by atoms with Crippen LogP contribution in [0, 0.1) is 0 Å². The molecule has 1 fully saturated rings. The van der Waals surface area contributed by atoms with Crippen molar-refractivity contribution in [1.82, 2.24) is 14.7 Å². The van der Waals surface area contributed by atoms with Crippen LogP contribution in [-0.2, 0) is 14.8 Å². The van der Waals surface area contributed by atoms with Crippen molar-refractivity contribution in [3.8, 4) is 11.1 Å². The van der Waals surface area contributed by atoms with Crippen molar-refractivity contribution in [2.45, 2.75) is 30.7 Å². The first-order chi connectivity index (χ1) is 11.3. The molecule has 0 radical (unpaired) electrons. The largest absolute Gasteiger partial charge is 0.383 e. The molecule has 1 saturated carbocycles. The minimum absolute atomic E-state index is 0.0228. The summed E-state index contributed by atoms with van der Waals surface area (Å²) in [5, 5.41) is 2.58. The molecule has 2 heterocycles. The average molecular weight is 347 g/mol. The van der Waals surface area contributed by atoms with E-state index in [1.807, 2.05) is 0 Å². The van der Waals surface area contributed by atoms with E-state index in [9.17, 15) is 13.2 Å². The van der Waals surface area contributed by atoms with Gasteiger partial charge in [-0.2, -0.15) is 0 Å². The molecule has 0 aliphatic heterocycles. The number of nitrogens with zero attached hydrogens (tertiary/aromatic N) is 2. The Morgan fingerprint density at radius 3 is 2.67 bits per heavy atom. The van der Waals surface area contributed by atoms with Gasteiger partial charge in [-0.3, -0.25) is 4.79 Å². The van der Waals surface area contributed by atoms with Gasteiger partial charge in [-0.25, -0.2) is 23.1 Å². The number of nitrogens with one attached hydrogen (secondary N) is 2. The second-order valence-corrected chi connectivity index (χ2v) is 7.30. The smallest absolute Gasteiger partial charge is 0.244 e. The predicted molar refractivity (Wildman–Crippen MR) is 89.5 cm³/mol. The molecule has 0 atom stereocenters. The van der Waals surface area contributed by atoms with Gasteiger partial charge >= 0.3 is 0 Å². The summed E-state index contributed by atoms with van der Waals surface area (Å²) >= 11 is 0. The molecule has 0 aromatic carbocycles. The molecular weight excluding hydrogens is 330 g/mol. The summed E-state index contributed by atoms with van der Waals surface area (Å²) in [6, 6.07) is 4.79. The normalized spacial score (nSPS) is 14.4. The first kappa shape index (κ1) is 16.3. The van der Waals surface area contributed by atoms with Gasteiger partial charge in [0.2, 0.25) is 15.9 Å². The standard InChI is InChI=1S/C15H17N5O3S/c1-9(21)19-14-7-10(4-5-17-14)11-6-13(15(16)18-8-11)24(22,23)20-12-2-3-12/h4-8,12,20H,2-3H2,1H3,(H2,16,18)(H,17,19,21). The summed E-state index contributed by atoms with van der Waals surface area (Å²) in [7, 11) is -3.71. The van der Waals surface area contributed by atoms with E-state index in [4.69, 9.17) is 5.73 Å². The molecule has 4 N–H and O–H groups in total. The first-order valence-corrected chi connectivity index (χ1v) is 8.85. The van der Waals surface area contributed by atoms with Crippen LogP contribution in [0.25, 0.3) is 11.1 Å². The van der Waals surface area contributed by atoms with Crippen LogP contribution >= 0.6 is 0 Å². The highest BCUT2D eigenvalue weighted by Crippen LogP contribution is 2.28. The average Bonchev–Trinajstić information content (AvgIpc) is 3.30. The number of nitrogens with two attached hydrogens (primary N) is 1. The highest BCUT2D eigenvalue weighted by atomic mass is 32.2. The molecule has 1 aliphatic rings. The Hall–Kier alpha value is -2.52. The summed E-state index contributed by atoms with van der Waals surface area (Å²) in [5.74, 6) is 0.0763. The zero-order chi connectivity index (χ0) is 17.3. The van der Waals surface area contributed by atoms with Gasteiger partial charge in [-0.05, 0) is 36.6 Å². The van der Waals surface area contributed by atoms with Crippen LogP contribution in [0.5, 0.6) is 0 Å². The number of sulfonamides is 1. The van der Waals surface area contributed by atoms with E-state index in [0.717, 1.165) is 12.8 Å². The first-order valence-electron chi connectivity index (χ1n) is 7.37. The van der Waals surface area contributed by atoms with Crippen molar-refractivity contribution >= 4 is 27.6 Å². The third-order valence-electron chi connectivity index (χ3n) is 3.47. The fraction of sp³-hybridized carbons (Fsp3) is 0.267. The molecule has 126 valence electrons. The topological polar surface area (TPSA) is 127 Å². The van der Waals surface area contributed by atoms with Crippen LogP contribution < -0.4 is 15.8 Å². The SMILES string of the molecule is CC(=O)Nc1cc(-c2cnc(N)c(S(=O)(=O)NC3CC3)c2)ccn1. The second kappa shape index (κ2) is 6.17. The number of rotatable bonds is 5. The zero-order valence-electron chi connectivity index (χ0n) is 13.0. The molecule has 0 bridgehead atoms. The lowest BCUT2D eigenvalue weighted by Gasteiger charge is -2.10. The third-order valence-corrected chi connectivity index (χ3v) is 5.02. The molecule has 8 nitrogen and oxygen atoms in total. The van der Waals surface area contributed by atoms with E-state index in [-0.39, 0.29) is 22.7 Å². The van der Waals surface area contributed by atoms with Gasteiger partial charge in [0.05, 0.1) is 0 Å². The summed E-state index contributed by atoms with van der Waals surface area (Å²) in [5.41, 5.74) is 6.98. The summed E-state index contributed by atoms with van der Waals surface area (Å²) in [6.07, 6.45) is 4.67. The van der Waals surface area contributed by atoms with Gasteiger partial charge in [0.25, 0.3) is 0 Å². The second-order valence-electron chi connectivity index (χ2n) is 5.61. The third kappa shape index (κ3) is 3.69. The van der Waals surface area contributed by atoms with Gasteiger partial charge < -0.3 is 11.1 Å². The highest BCUT2D eigenvalue weighted by molar-refractivity contribution is 7.89. The van der Waals surface area contributed by atoms with Crippen molar-refractivity contribution < 1.29 is 13.2 Å². The van der Waals surface area contributed by atoms with Crippen LogP contribution in [0.3, 0.4) is 0 Å². The van der Waals surface area contributed by atoms with Crippen molar-refractivity contribution in [2.24, 2.45) is 0 Å². The van der Waals surface area contributed by atoms with Gasteiger partial charge in [0.15, 0.2) is 0 Å². The van der Waals surface area contributed by atoms with Gasteiger partial charge in [-0.15, -0.1) is 0 Å². The lowest BCUT2D eigenvalue weighted by atomic mass is 10.1. The number of carbonyl (C=O) groups excluding carboxylic acids is 1. The Morgan fingerprint density at radius 1 is 1.25 bits per heavy atom. The Kier molecular flexibility index (Phi) is 4.20. The van der Waals surface area contributed by atoms with Gasteiger partial charge in [-0.1, -0.05) is 0 Å². The van der Waals surface area contributed by atoms with Crippen LogP contribution in [-0.4, -0.2) is 30.3 Å². The molecule has 2 aromatic rings. The number of aromatic nitrogens is 2. The zero-order valence-corrected chi connectivity index (χ0v) is 13.8. The number of pyridine rings is 2. The monoisotopic (exact) mass is 347 g/mol. The maximum Gasteiger partial charge on any atom is 0.244 e. The lowest BCUT2D eigenvalue weighted by molar-refractivity contribution is -0.114. The summed E-state index contributed by atoms with van der Waals surface area (Å²) in [6.45, 7) is 1.38. The molecule has 3 rings (SSSR count). The minimum atomic E-state index is -3.71. The van der Waals surface area contributed by atoms with Crippen LogP contribution in [0.15, 0.2) is 35.5 Å². The van der Waals surface area contributed by atoms with Crippen molar-refractivity contribution in [1.29, 1.82) is 0 Å². The molecule has 1 aliphatic carbocycles. The quantitative estimate of drug-likeness (QED) is 0.744. The van der Waals surface area contributed by atoms with E-state index in [1.165, 1.54) is 25.4 Å². The maximum atomic E-state index is 12.4. The van der Waals surface area contributed by atoms with E-state index < -0.39 is 10.0 Å². The Balaban J connectivity index is 1.97.